The molecule has 0 amide bonds. The van der Waals surface area contributed by atoms with Gasteiger partial charge in [0.2, 0.25) is 0 Å². The van der Waals surface area contributed by atoms with Gasteiger partial charge in [0, 0.05) is 42.8 Å². The third-order valence-corrected chi connectivity index (χ3v) is 4.91. The molecule has 0 bridgehead atoms. The Hall–Kier alpha value is -2.53. The van der Waals surface area contributed by atoms with Crippen LogP contribution in [0.15, 0.2) is 42.6 Å². The number of pyridine rings is 1. The van der Waals surface area contributed by atoms with Crippen LogP contribution in [0.25, 0.3) is 21.9 Å². The fourth-order valence-electron chi connectivity index (χ4n) is 3.71. The summed E-state index contributed by atoms with van der Waals surface area (Å²) in [4.78, 5) is 6.99. The van der Waals surface area contributed by atoms with Gasteiger partial charge in [0.05, 0.1) is 0 Å². The fraction of sp³-hybridized carbons (Fsp3) is 0.286. The Labute approximate surface area is 151 Å². The van der Waals surface area contributed by atoms with E-state index in [1.165, 1.54) is 12.1 Å². The van der Waals surface area contributed by atoms with Gasteiger partial charge in [-0.2, -0.15) is 0 Å². The zero-order chi connectivity index (χ0) is 18.1. The van der Waals surface area contributed by atoms with Crippen LogP contribution in [0.3, 0.4) is 0 Å². The molecule has 0 aliphatic carbocycles. The molecule has 0 spiro atoms. The summed E-state index contributed by atoms with van der Waals surface area (Å²) < 4.78 is 27.5. The third kappa shape index (κ3) is 3.15. The maximum Gasteiger partial charge on any atom is 0.136 e. The van der Waals surface area contributed by atoms with E-state index in [0.29, 0.717) is 5.56 Å². The van der Waals surface area contributed by atoms with E-state index < -0.39 is 11.6 Å². The van der Waals surface area contributed by atoms with Crippen molar-refractivity contribution in [3.63, 3.8) is 0 Å². The molecule has 3 nitrogen and oxygen atoms in total. The number of benzene rings is 2. The third-order valence-electron chi connectivity index (χ3n) is 4.91. The van der Waals surface area contributed by atoms with Gasteiger partial charge in [-0.25, -0.2) is 13.8 Å². The van der Waals surface area contributed by atoms with Crippen molar-refractivity contribution in [2.45, 2.75) is 13.3 Å². The molecule has 0 radical (unpaired) electrons. The molecule has 0 saturated carbocycles. The first-order valence-electron chi connectivity index (χ1n) is 8.94. The molecule has 0 unspecified atom stereocenters. The van der Waals surface area contributed by atoms with Crippen LogP contribution in [0.5, 0.6) is 0 Å². The maximum absolute atomic E-state index is 13.8. The topological polar surface area (TPSA) is 28.2 Å². The van der Waals surface area contributed by atoms with Crippen molar-refractivity contribution in [2.75, 3.05) is 31.1 Å². The molecule has 26 heavy (non-hydrogen) atoms. The number of halogens is 2. The molecular weight excluding hydrogens is 332 g/mol. The van der Waals surface area contributed by atoms with Gasteiger partial charge in [-0.1, -0.05) is 18.2 Å². The Kier molecular flexibility index (Phi) is 4.55. The molecule has 1 saturated heterocycles. The fourth-order valence-corrected chi connectivity index (χ4v) is 3.71. The lowest BCUT2D eigenvalue weighted by atomic mass is 9.96. The molecular formula is C21H21F2N3. The Morgan fingerprint density at radius 2 is 1.85 bits per heavy atom. The van der Waals surface area contributed by atoms with E-state index in [-0.39, 0.29) is 0 Å². The summed E-state index contributed by atoms with van der Waals surface area (Å²) >= 11 is 0. The predicted octanol–water partition coefficient (Wildman–Crippen LogP) is 4.29. The van der Waals surface area contributed by atoms with Crippen molar-refractivity contribution in [3.05, 3.63) is 59.8 Å². The van der Waals surface area contributed by atoms with E-state index in [2.05, 4.69) is 10.2 Å². The standard InChI is InChI=1S/C21H21F2N3/c1-14-4-2-5-18-20(14)19(15-10-16(22)12-17(23)11-15)13-25-21(18)26-8-3-6-24-7-9-26/h2,4-5,10-13,24H,3,6-9H2,1H3. The van der Waals surface area contributed by atoms with E-state index in [4.69, 9.17) is 4.98 Å². The molecule has 2 aromatic carbocycles. The molecule has 5 heteroatoms. The largest absolute Gasteiger partial charge is 0.355 e. The average molecular weight is 353 g/mol. The van der Waals surface area contributed by atoms with Crippen molar-refractivity contribution >= 4 is 16.6 Å². The van der Waals surface area contributed by atoms with E-state index in [0.717, 1.165) is 66.4 Å². The zero-order valence-corrected chi connectivity index (χ0v) is 14.7. The van der Waals surface area contributed by atoms with Gasteiger partial charge in [-0.05, 0) is 48.5 Å². The monoisotopic (exact) mass is 353 g/mol. The van der Waals surface area contributed by atoms with Gasteiger partial charge < -0.3 is 10.2 Å². The predicted molar refractivity (Wildman–Crippen MR) is 102 cm³/mol. The normalized spacial score (nSPS) is 15.3. The van der Waals surface area contributed by atoms with Crippen LogP contribution in [0, 0.1) is 18.6 Å². The number of fused-ring (bicyclic) bond motifs is 1. The van der Waals surface area contributed by atoms with Gasteiger partial charge in [-0.15, -0.1) is 0 Å². The molecule has 1 N–H and O–H groups in total. The summed E-state index contributed by atoms with van der Waals surface area (Å²) in [5.41, 5.74) is 2.34. The number of nitrogens with one attached hydrogen (secondary N) is 1. The van der Waals surface area contributed by atoms with Crippen LogP contribution in [0.4, 0.5) is 14.6 Å². The average Bonchev–Trinajstić information content (AvgIpc) is 2.89. The van der Waals surface area contributed by atoms with Crippen LogP contribution < -0.4 is 10.2 Å². The summed E-state index contributed by atoms with van der Waals surface area (Å²) in [6.45, 7) is 5.79. The van der Waals surface area contributed by atoms with Crippen LogP contribution >= 0.6 is 0 Å². The molecule has 1 aliphatic heterocycles. The Bertz CT molecular complexity index is 927. The minimum atomic E-state index is -0.579. The van der Waals surface area contributed by atoms with E-state index in [1.54, 1.807) is 6.20 Å². The summed E-state index contributed by atoms with van der Waals surface area (Å²) in [5.74, 6) is -0.221. The first kappa shape index (κ1) is 16.9. The molecule has 1 aromatic heterocycles. The van der Waals surface area contributed by atoms with E-state index >= 15 is 0 Å². The van der Waals surface area contributed by atoms with Crippen molar-refractivity contribution in [3.8, 4) is 11.1 Å². The number of hydrogen-bond acceptors (Lipinski definition) is 3. The summed E-state index contributed by atoms with van der Waals surface area (Å²) in [6.07, 6.45) is 2.81. The van der Waals surface area contributed by atoms with Crippen LogP contribution in [0.1, 0.15) is 12.0 Å². The quantitative estimate of drug-likeness (QED) is 0.745. The molecule has 4 rings (SSSR count). The highest BCUT2D eigenvalue weighted by Gasteiger charge is 2.17. The lowest BCUT2D eigenvalue weighted by Gasteiger charge is -2.24. The Morgan fingerprint density at radius 3 is 2.65 bits per heavy atom. The number of anilines is 1. The molecule has 134 valence electrons. The maximum atomic E-state index is 13.8. The zero-order valence-electron chi connectivity index (χ0n) is 14.7. The van der Waals surface area contributed by atoms with Gasteiger partial charge in [0.1, 0.15) is 17.5 Å². The van der Waals surface area contributed by atoms with E-state index in [9.17, 15) is 8.78 Å². The highest BCUT2D eigenvalue weighted by Crippen LogP contribution is 2.35. The first-order chi connectivity index (χ1) is 12.6. The molecule has 2 heterocycles. The summed E-state index contributed by atoms with van der Waals surface area (Å²) in [6, 6.07) is 9.69. The van der Waals surface area contributed by atoms with Crippen LogP contribution in [0.2, 0.25) is 0 Å². The van der Waals surface area contributed by atoms with Crippen molar-refractivity contribution in [2.24, 2.45) is 0 Å². The van der Waals surface area contributed by atoms with Gasteiger partial charge in [0.15, 0.2) is 0 Å². The smallest absolute Gasteiger partial charge is 0.136 e. The molecule has 3 aromatic rings. The number of aryl methyl sites for hydroxylation is 1. The summed E-state index contributed by atoms with van der Waals surface area (Å²) in [7, 11) is 0. The molecule has 1 fully saturated rings. The second-order valence-electron chi connectivity index (χ2n) is 6.74. The van der Waals surface area contributed by atoms with Crippen molar-refractivity contribution < 1.29 is 8.78 Å². The SMILES string of the molecule is Cc1cccc2c(N3CCCNCC3)ncc(-c3cc(F)cc(F)c3)c12. The Balaban J connectivity index is 1.92. The number of hydrogen-bond donors (Lipinski definition) is 1. The second-order valence-corrected chi connectivity index (χ2v) is 6.74. The highest BCUT2D eigenvalue weighted by atomic mass is 19.1. The van der Waals surface area contributed by atoms with Crippen molar-refractivity contribution in [1.29, 1.82) is 0 Å². The van der Waals surface area contributed by atoms with E-state index in [1.807, 2.05) is 25.1 Å². The lowest BCUT2D eigenvalue weighted by Crippen LogP contribution is -2.28. The summed E-state index contributed by atoms with van der Waals surface area (Å²) in [5, 5.41) is 5.43. The van der Waals surface area contributed by atoms with Gasteiger partial charge in [-0.3, -0.25) is 0 Å². The van der Waals surface area contributed by atoms with Crippen LogP contribution in [-0.2, 0) is 0 Å². The first-order valence-corrected chi connectivity index (χ1v) is 8.94. The number of rotatable bonds is 2. The minimum Gasteiger partial charge on any atom is -0.355 e. The minimum absolute atomic E-state index is 0.512. The second kappa shape index (κ2) is 7.00. The lowest BCUT2D eigenvalue weighted by molar-refractivity contribution is 0.584. The van der Waals surface area contributed by atoms with Gasteiger partial charge in [0.25, 0.3) is 0 Å². The molecule has 1 aliphatic rings. The molecule has 0 atom stereocenters. The van der Waals surface area contributed by atoms with Crippen molar-refractivity contribution in [1.82, 2.24) is 10.3 Å². The van der Waals surface area contributed by atoms with Crippen LogP contribution in [-0.4, -0.2) is 31.2 Å². The highest BCUT2D eigenvalue weighted by molar-refractivity contribution is 6.03. The van der Waals surface area contributed by atoms with Gasteiger partial charge >= 0.3 is 0 Å². The Morgan fingerprint density at radius 1 is 1.04 bits per heavy atom. The number of aromatic nitrogens is 1. The number of nitrogens with zero attached hydrogens (tertiary/aromatic N) is 2.